The summed E-state index contributed by atoms with van der Waals surface area (Å²) in [5, 5.41) is 4.31. The average Bonchev–Trinajstić information content (AvgIpc) is 2.93. The van der Waals surface area contributed by atoms with Crippen molar-refractivity contribution < 1.29 is 13.2 Å². The summed E-state index contributed by atoms with van der Waals surface area (Å²) in [4.78, 5) is 7.94. The highest BCUT2D eigenvalue weighted by Crippen LogP contribution is 2.39. The predicted molar refractivity (Wildman–Crippen MR) is 82.1 cm³/mol. The maximum absolute atomic E-state index is 14.2. The Labute approximate surface area is 138 Å². The summed E-state index contributed by atoms with van der Waals surface area (Å²) in [6.07, 6.45) is 2.10. The van der Waals surface area contributed by atoms with Crippen molar-refractivity contribution in [1.82, 2.24) is 19.6 Å². The molecule has 0 saturated carbocycles. The lowest BCUT2D eigenvalue weighted by atomic mass is 10.1. The molecule has 0 saturated heterocycles. The van der Waals surface area contributed by atoms with Crippen molar-refractivity contribution in [1.29, 1.82) is 0 Å². The fourth-order valence-corrected chi connectivity index (χ4v) is 3.42. The largest absolute Gasteiger partial charge is 0.254 e. The summed E-state index contributed by atoms with van der Waals surface area (Å²) < 4.78 is 42.9. The maximum Gasteiger partial charge on any atom is 0.254 e. The van der Waals surface area contributed by atoms with Crippen LogP contribution in [0.15, 0.2) is 23.5 Å². The molecule has 2 aromatic heterocycles. The van der Waals surface area contributed by atoms with E-state index in [2.05, 4.69) is 15.1 Å². The molecule has 3 rings (SSSR count). The lowest BCUT2D eigenvalue weighted by Gasteiger charge is -2.13. The van der Waals surface area contributed by atoms with E-state index < -0.39 is 23.0 Å². The van der Waals surface area contributed by atoms with Crippen molar-refractivity contribution in [3.05, 3.63) is 41.1 Å². The third kappa shape index (κ3) is 2.88. The number of halogens is 4. The minimum Gasteiger partial charge on any atom is -0.207 e. The number of hydrogen-bond acceptors (Lipinski definition) is 4. The molecule has 2 heterocycles. The second-order valence-electron chi connectivity index (χ2n) is 4.65. The molecule has 0 fully saturated rings. The SMILES string of the molecule is CCCSc1c(-c2c(F)cc(F)cc2F)c(Cl)nc2ncnn12. The fourth-order valence-electron chi connectivity index (χ4n) is 2.12. The van der Waals surface area contributed by atoms with Crippen molar-refractivity contribution in [2.24, 2.45) is 0 Å². The van der Waals surface area contributed by atoms with Crippen LogP contribution in [0.1, 0.15) is 13.3 Å². The Hall–Kier alpha value is -1.80. The number of thioether (sulfide) groups is 1. The lowest BCUT2D eigenvalue weighted by molar-refractivity contribution is 0.547. The van der Waals surface area contributed by atoms with E-state index in [-0.39, 0.29) is 16.5 Å². The quantitative estimate of drug-likeness (QED) is 0.513. The molecule has 0 bridgehead atoms. The zero-order chi connectivity index (χ0) is 16.6. The molecule has 0 unspecified atom stereocenters. The molecular formula is C14H10ClF3N4S. The van der Waals surface area contributed by atoms with Crippen molar-refractivity contribution in [2.75, 3.05) is 5.75 Å². The van der Waals surface area contributed by atoms with Gasteiger partial charge in [0.2, 0.25) is 0 Å². The molecule has 120 valence electrons. The number of rotatable bonds is 4. The number of aromatic nitrogens is 4. The average molecular weight is 359 g/mol. The summed E-state index contributed by atoms with van der Waals surface area (Å²) in [5.74, 6) is -2.21. The van der Waals surface area contributed by atoms with E-state index in [1.807, 2.05) is 6.92 Å². The van der Waals surface area contributed by atoms with Gasteiger partial charge in [-0.15, -0.1) is 11.8 Å². The van der Waals surface area contributed by atoms with E-state index >= 15 is 0 Å². The number of nitrogens with zero attached hydrogens (tertiary/aromatic N) is 4. The van der Waals surface area contributed by atoms with Crippen LogP contribution in [0.2, 0.25) is 5.15 Å². The van der Waals surface area contributed by atoms with E-state index in [0.717, 1.165) is 6.42 Å². The Morgan fingerprint density at radius 1 is 1.17 bits per heavy atom. The summed E-state index contributed by atoms with van der Waals surface area (Å²) in [7, 11) is 0. The second kappa shape index (κ2) is 6.37. The zero-order valence-electron chi connectivity index (χ0n) is 11.9. The van der Waals surface area contributed by atoms with E-state index in [0.29, 0.717) is 22.9 Å². The Morgan fingerprint density at radius 2 is 1.87 bits per heavy atom. The third-order valence-corrected chi connectivity index (χ3v) is 4.58. The van der Waals surface area contributed by atoms with Crippen molar-refractivity contribution in [3.8, 4) is 11.1 Å². The van der Waals surface area contributed by atoms with Crippen LogP contribution < -0.4 is 0 Å². The van der Waals surface area contributed by atoms with Crippen LogP contribution in [0.4, 0.5) is 13.2 Å². The molecule has 0 radical (unpaired) electrons. The zero-order valence-corrected chi connectivity index (χ0v) is 13.4. The molecule has 23 heavy (non-hydrogen) atoms. The first-order valence-electron chi connectivity index (χ1n) is 6.69. The summed E-state index contributed by atoms with van der Waals surface area (Å²) in [6, 6.07) is 1.21. The van der Waals surface area contributed by atoms with Crippen molar-refractivity contribution >= 4 is 29.1 Å². The first kappa shape index (κ1) is 16.1. The summed E-state index contributed by atoms with van der Waals surface area (Å²) >= 11 is 7.45. The molecule has 1 aromatic carbocycles. The minimum atomic E-state index is -1.05. The molecule has 0 amide bonds. The van der Waals surface area contributed by atoms with Crippen LogP contribution in [0.3, 0.4) is 0 Å². The molecule has 0 aliphatic carbocycles. The standard InChI is InChI=1S/C14H10ClF3N4S/c1-2-3-23-13-11(10-8(17)4-7(16)5-9(10)18)12(15)21-14-19-6-20-22(13)14/h4-6H,2-3H2,1H3. The first-order valence-corrected chi connectivity index (χ1v) is 8.06. The normalized spacial score (nSPS) is 11.3. The number of benzene rings is 1. The molecule has 0 aliphatic heterocycles. The van der Waals surface area contributed by atoms with Crippen LogP contribution in [0.5, 0.6) is 0 Å². The highest BCUT2D eigenvalue weighted by molar-refractivity contribution is 7.99. The molecule has 0 aliphatic rings. The summed E-state index contributed by atoms with van der Waals surface area (Å²) in [5.41, 5.74) is -0.391. The number of hydrogen-bond donors (Lipinski definition) is 0. The van der Waals surface area contributed by atoms with Gasteiger partial charge in [-0.25, -0.2) is 13.2 Å². The van der Waals surface area contributed by atoms with E-state index in [4.69, 9.17) is 11.6 Å². The van der Waals surface area contributed by atoms with Crippen LogP contribution in [-0.4, -0.2) is 25.3 Å². The second-order valence-corrected chi connectivity index (χ2v) is 6.09. The Morgan fingerprint density at radius 3 is 2.52 bits per heavy atom. The van der Waals surface area contributed by atoms with Gasteiger partial charge in [-0.1, -0.05) is 18.5 Å². The van der Waals surface area contributed by atoms with Crippen molar-refractivity contribution in [2.45, 2.75) is 18.4 Å². The Balaban J connectivity index is 2.34. The predicted octanol–water partition coefficient (Wildman–Crippen LogP) is 4.36. The lowest BCUT2D eigenvalue weighted by Crippen LogP contribution is -2.03. The van der Waals surface area contributed by atoms with Gasteiger partial charge in [0.15, 0.2) is 0 Å². The Kier molecular flexibility index (Phi) is 4.45. The minimum absolute atomic E-state index is 0.0399. The number of fused-ring (bicyclic) bond motifs is 1. The van der Waals surface area contributed by atoms with Gasteiger partial charge in [-0.05, 0) is 12.2 Å². The summed E-state index contributed by atoms with van der Waals surface area (Å²) in [6.45, 7) is 1.97. The molecule has 4 nitrogen and oxygen atoms in total. The highest BCUT2D eigenvalue weighted by Gasteiger charge is 2.24. The van der Waals surface area contributed by atoms with Crippen molar-refractivity contribution in [3.63, 3.8) is 0 Å². The smallest absolute Gasteiger partial charge is 0.207 e. The molecule has 0 N–H and O–H groups in total. The van der Waals surface area contributed by atoms with Crippen LogP contribution in [0, 0.1) is 17.5 Å². The first-order chi connectivity index (χ1) is 11.0. The van der Waals surface area contributed by atoms with E-state index in [1.165, 1.54) is 22.6 Å². The van der Waals surface area contributed by atoms with Gasteiger partial charge in [0.05, 0.1) is 11.1 Å². The van der Waals surface area contributed by atoms with Gasteiger partial charge in [0, 0.05) is 12.1 Å². The molecule has 9 heteroatoms. The Bertz CT molecular complexity index is 861. The van der Waals surface area contributed by atoms with Crippen LogP contribution >= 0.6 is 23.4 Å². The van der Waals surface area contributed by atoms with Gasteiger partial charge in [-0.2, -0.15) is 19.6 Å². The van der Waals surface area contributed by atoms with Gasteiger partial charge in [0.25, 0.3) is 5.78 Å². The van der Waals surface area contributed by atoms with Crippen LogP contribution in [0.25, 0.3) is 16.9 Å². The monoisotopic (exact) mass is 358 g/mol. The highest BCUT2D eigenvalue weighted by atomic mass is 35.5. The molecular weight excluding hydrogens is 349 g/mol. The topological polar surface area (TPSA) is 43.1 Å². The van der Waals surface area contributed by atoms with Gasteiger partial charge < -0.3 is 0 Å². The fraction of sp³-hybridized carbons (Fsp3) is 0.214. The maximum atomic E-state index is 14.2. The van der Waals surface area contributed by atoms with Gasteiger partial charge in [0.1, 0.15) is 34.0 Å². The third-order valence-electron chi connectivity index (χ3n) is 3.04. The van der Waals surface area contributed by atoms with E-state index in [1.54, 1.807) is 0 Å². The molecule has 0 spiro atoms. The molecule has 3 aromatic rings. The molecule has 0 atom stereocenters. The van der Waals surface area contributed by atoms with Gasteiger partial charge >= 0.3 is 0 Å². The van der Waals surface area contributed by atoms with Gasteiger partial charge in [-0.3, -0.25) is 0 Å². The van der Waals surface area contributed by atoms with Crippen LogP contribution in [-0.2, 0) is 0 Å². The van der Waals surface area contributed by atoms with E-state index in [9.17, 15) is 13.2 Å².